The number of halogens is 4. The summed E-state index contributed by atoms with van der Waals surface area (Å²) in [4.78, 5) is 0. The standard InChI is InChI=1S/C46H26F4N2/c47-45(48)43-34-15-5-4-12-31(34)36-26-30(20-21-35(36)44(43)46(45,49)50)52-40-17-9-7-14-33(40)38-25-28(19-23-42(38)52)27-18-22-41-37(24-27)32-13-6-8-16-39(32)51(41)29-10-2-1-3-11-29/h1-26H. The molecular formula is C46H26F4N2. The number of hydrogen-bond acceptors (Lipinski definition) is 0. The van der Waals surface area contributed by atoms with Gasteiger partial charge in [0.2, 0.25) is 0 Å². The van der Waals surface area contributed by atoms with Gasteiger partial charge in [-0.3, -0.25) is 0 Å². The van der Waals surface area contributed by atoms with E-state index in [0.717, 1.165) is 55.3 Å². The Bertz CT molecular complexity index is 3130. The average molecular weight is 683 g/mol. The van der Waals surface area contributed by atoms with Crippen molar-refractivity contribution in [1.82, 2.24) is 9.13 Å². The van der Waals surface area contributed by atoms with Crippen molar-refractivity contribution in [1.29, 1.82) is 0 Å². The van der Waals surface area contributed by atoms with Crippen LogP contribution in [0, 0.1) is 0 Å². The molecule has 2 nitrogen and oxygen atoms in total. The van der Waals surface area contributed by atoms with Crippen LogP contribution in [-0.2, 0) is 11.8 Å². The SMILES string of the molecule is FC1(F)c2c(c3ccc(-n4c5ccccc5c5cc(-c6ccc7c(c6)c6ccccc6n7-c6ccccc6)ccc54)cc3c3ccccc23)C1(F)F. The van der Waals surface area contributed by atoms with E-state index in [1.54, 1.807) is 30.3 Å². The monoisotopic (exact) mass is 682 g/mol. The van der Waals surface area contributed by atoms with Gasteiger partial charge < -0.3 is 9.13 Å². The van der Waals surface area contributed by atoms with Crippen molar-refractivity contribution in [2.75, 3.05) is 0 Å². The van der Waals surface area contributed by atoms with Gasteiger partial charge in [-0.2, -0.15) is 17.6 Å². The van der Waals surface area contributed by atoms with Crippen molar-refractivity contribution in [2.24, 2.45) is 0 Å². The van der Waals surface area contributed by atoms with Gasteiger partial charge in [-0.1, -0.05) is 97.1 Å². The summed E-state index contributed by atoms with van der Waals surface area (Å²) in [6, 6.07) is 51.9. The Morgan fingerprint density at radius 3 is 1.33 bits per heavy atom. The summed E-state index contributed by atoms with van der Waals surface area (Å²) in [6.45, 7) is 0. The number of benzene rings is 8. The van der Waals surface area contributed by atoms with Crippen LogP contribution in [-0.4, -0.2) is 9.13 Å². The third-order valence-corrected chi connectivity index (χ3v) is 11.0. The second kappa shape index (κ2) is 10.1. The first-order valence-electron chi connectivity index (χ1n) is 17.2. The van der Waals surface area contributed by atoms with Gasteiger partial charge in [-0.05, 0) is 93.3 Å². The van der Waals surface area contributed by atoms with E-state index < -0.39 is 23.0 Å². The van der Waals surface area contributed by atoms with Crippen molar-refractivity contribution in [3.63, 3.8) is 0 Å². The molecule has 2 aromatic heterocycles. The van der Waals surface area contributed by atoms with Crippen LogP contribution in [0.3, 0.4) is 0 Å². The van der Waals surface area contributed by atoms with E-state index in [4.69, 9.17) is 0 Å². The lowest BCUT2D eigenvalue weighted by Crippen LogP contribution is -2.47. The molecule has 0 unspecified atom stereocenters. The maximum atomic E-state index is 15.0. The van der Waals surface area contributed by atoms with Crippen LogP contribution < -0.4 is 0 Å². The van der Waals surface area contributed by atoms with Crippen LogP contribution in [0.1, 0.15) is 11.1 Å². The van der Waals surface area contributed by atoms with E-state index in [1.807, 2.05) is 30.3 Å². The zero-order valence-corrected chi connectivity index (χ0v) is 27.4. The molecule has 0 radical (unpaired) electrons. The van der Waals surface area contributed by atoms with Gasteiger partial charge in [0.1, 0.15) is 0 Å². The average Bonchev–Trinajstić information content (AvgIpc) is 3.69. The number of rotatable bonds is 3. The molecule has 0 saturated carbocycles. The smallest absolute Gasteiger partial charge is 0.309 e. The van der Waals surface area contributed by atoms with Gasteiger partial charge in [0.05, 0.1) is 22.1 Å². The second-order valence-electron chi connectivity index (χ2n) is 13.7. The lowest BCUT2D eigenvalue weighted by atomic mass is 9.74. The van der Waals surface area contributed by atoms with Crippen LogP contribution in [0.15, 0.2) is 158 Å². The number of aromatic nitrogens is 2. The van der Waals surface area contributed by atoms with E-state index in [2.05, 4.69) is 100 Å². The van der Waals surface area contributed by atoms with Crippen LogP contribution in [0.2, 0.25) is 0 Å². The minimum Gasteiger partial charge on any atom is -0.309 e. The Kier molecular flexibility index (Phi) is 5.70. The first-order valence-corrected chi connectivity index (χ1v) is 17.2. The Morgan fingerprint density at radius 2 is 0.750 bits per heavy atom. The highest BCUT2D eigenvalue weighted by atomic mass is 19.3. The van der Waals surface area contributed by atoms with Crippen LogP contribution in [0.25, 0.3) is 87.7 Å². The first kappa shape index (κ1) is 29.3. The molecule has 10 aromatic rings. The fraction of sp³-hybridized carbons (Fsp3) is 0.0435. The third kappa shape index (κ3) is 3.68. The second-order valence-corrected chi connectivity index (χ2v) is 13.7. The maximum absolute atomic E-state index is 15.0. The zero-order valence-electron chi connectivity index (χ0n) is 27.4. The molecular weight excluding hydrogens is 657 g/mol. The van der Waals surface area contributed by atoms with Gasteiger partial charge in [0.25, 0.3) is 0 Å². The van der Waals surface area contributed by atoms with Crippen LogP contribution in [0.4, 0.5) is 17.6 Å². The maximum Gasteiger partial charge on any atom is 0.340 e. The summed E-state index contributed by atoms with van der Waals surface area (Å²) in [6.07, 6.45) is 0. The highest BCUT2D eigenvalue weighted by Gasteiger charge is 2.70. The molecule has 2 heterocycles. The fourth-order valence-electron chi connectivity index (χ4n) is 8.66. The predicted molar refractivity (Wildman–Crippen MR) is 203 cm³/mol. The number of fused-ring (bicyclic) bond motifs is 12. The van der Waals surface area contributed by atoms with Crippen molar-refractivity contribution in [3.8, 4) is 22.5 Å². The zero-order chi connectivity index (χ0) is 34.9. The molecule has 0 aliphatic heterocycles. The van der Waals surface area contributed by atoms with Crippen molar-refractivity contribution in [2.45, 2.75) is 11.8 Å². The van der Waals surface area contributed by atoms with E-state index in [9.17, 15) is 8.78 Å². The Hall–Kier alpha value is -6.40. The first-order chi connectivity index (χ1) is 25.3. The summed E-state index contributed by atoms with van der Waals surface area (Å²) < 4.78 is 64.1. The molecule has 0 atom stereocenters. The quantitative estimate of drug-likeness (QED) is 0.130. The molecule has 0 amide bonds. The van der Waals surface area contributed by atoms with Gasteiger partial charge in [-0.15, -0.1) is 0 Å². The summed E-state index contributed by atoms with van der Waals surface area (Å²) in [5, 5.41) is 5.81. The molecule has 8 aromatic carbocycles. The van der Waals surface area contributed by atoms with E-state index in [-0.39, 0.29) is 10.8 Å². The van der Waals surface area contributed by atoms with Crippen LogP contribution in [0.5, 0.6) is 0 Å². The highest BCUT2D eigenvalue weighted by molar-refractivity contribution is 6.15. The minimum absolute atomic E-state index is 0.153. The molecule has 0 N–H and O–H groups in total. The van der Waals surface area contributed by atoms with E-state index >= 15 is 8.78 Å². The predicted octanol–water partition coefficient (Wildman–Crippen LogP) is 13.1. The number of hydrogen-bond donors (Lipinski definition) is 0. The van der Waals surface area contributed by atoms with Crippen molar-refractivity contribution < 1.29 is 17.6 Å². The number of alkyl halides is 4. The topological polar surface area (TPSA) is 9.86 Å². The molecule has 11 rings (SSSR count). The molecule has 1 aliphatic rings. The van der Waals surface area contributed by atoms with Gasteiger partial charge >= 0.3 is 11.8 Å². The molecule has 0 saturated heterocycles. The highest BCUT2D eigenvalue weighted by Crippen LogP contribution is 2.64. The summed E-state index contributed by atoms with van der Waals surface area (Å²) in [5.41, 5.74) is 7.09. The third-order valence-electron chi connectivity index (χ3n) is 11.0. The molecule has 52 heavy (non-hydrogen) atoms. The Labute approximate surface area is 294 Å². The minimum atomic E-state index is -4.24. The summed E-state index contributed by atoms with van der Waals surface area (Å²) >= 11 is 0. The summed E-state index contributed by atoms with van der Waals surface area (Å²) in [7, 11) is 0. The van der Waals surface area contributed by atoms with Gasteiger partial charge in [-0.25, -0.2) is 0 Å². The van der Waals surface area contributed by atoms with Crippen LogP contribution >= 0.6 is 0 Å². The molecule has 0 fully saturated rings. The van der Waals surface area contributed by atoms with Crippen molar-refractivity contribution in [3.05, 3.63) is 169 Å². The Balaban J connectivity index is 1.11. The lowest BCUT2D eigenvalue weighted by molar-refractivity contribution is -0.251. The molecule has 6 heteroatoms. The molecule has 0 spiro atoms. The fourth-order valence-corrected chi connectivity index (χ4v) is 8.66. The van der Waals surface area contributed by atoms with Crippen molar-refractivity contribution >= 4 is 65.2 Å². The van der Waals surface area contributed by atoms with Gasteiger partial charge in [0.15, 0.2) is 0 Å². The number of nitrogens with zero attached hydrogens (tertiary/aromatic N) is 2. The Morgan fingerprint density at radius 1 is 0.308 bits per heavy atom. The molecule has 0 bridgehead atoms. The largest absolute Gasteiger partial charge is 0.340 e. The molecule has 248 valence electrons. The van der Waals surface area contributed by atoms with Gasteiger partial charge in [0, 0.05) is 44.0 Å². The molecule has 1 aliphatic carbocycles. The summed E-state index contributed by atoms with van der Waals surface area (Å²) in [5.74, 6) is -8.46. The van der Waals surface area contributed by atoms with E-state index in [1.165, 1.54) is 16.8 Å². The lowest BCUT2D eigenvalue weighted by Gasteiger charge is -2.40. The van der Waals surface area contributed by atoms with E-state index in [0.29, 0.717) is 10.8 Å². The normalized spacial score (nSPS) is 14.8. The number of para-hydroxylation sites is 3.